The van der Waals surface area contributed by atoms with Gasteiger partial charge in [-0.15, -0.1) is 0 Å². The predicted molar refractivity (Wildman–Crippen MR) is 87.5 cm³/mol. The maximum Gasteiger partial charge on any atom is 0.228 e. The number of benzene rings is 2. The Hall–Kier alpha value is -2.88. The maximum absolute atomic E-state index is 12.0. The molecule has 2 N–H and O–H groups in total. The van der Waals surface area contributed by atoms with Crippen LogP contribution in [-0.2, 0) is 11.2 Å². The first-order valence-corrected chi connectivity index (χ1v) is 7.16. The van der Waals surface area contributed by atoms with Crippen LogP contribution < -0.4 is 5.32 Å². The molecular weight excluding hydrogens is 274 g/mol. The van der Waals surface area contributed by atoms with E-state index in [2.05, 4.69) is 15.3 Å². The van der Waals surface area contributed by atoms with E-state index in [4.69, 9.17) is 0 Å². The first-order valence-electron chi connectivity index (χ1n) is 7.16. The van der Waals surface area contributed by atoms with Crippen molar-refractivity contribution >= 4 is 11.6 Å². The van der Waals surface area contributed by atoms with Gasteiger partial charge in [0.25, 0.3) is 0 Å². The molecule has 2 aromatic carbocycles. The van der Waals surface area contributed by atoms with Gasteiger partial charge in [0.05, 0.1) is 18.4 Å². The highest BCUT2D eigenvalue weighted by Crippen LogP contribution is 2.21. The number of hydrogen-bond acceptors (Lipinski definition) is 2. The third kappa shape index (κ3) is 3.23. The van der Waals surface area contributed by atoms with Crippen molar-refractivity contribution in [3.63, 3.8) is 0 Å². The molecule has 0 aliphatic heterocycles. The van der Waals surface area contributed by atoms with Crippen molar-refractivity contribution in [1.82, 2.24) is 9.97 Å². The van der Waals surface area contributed by atoms with Crippen LogP contribution in [0.5, 0.6) is 0 Å². The summed E-state index contributed by atoms with van der Waals surface area (Å²) in [6.07, 6.45) is 2.06. The van der Waals surface area contributed by atoms with Crippen LogP contribution in [0.3, 0.4) is 0 Å². The van der Waals surface area contributed by atoms with E-state index in [-0.39, 0.29) is 5.91 Å². The molecule has 1 heterocycles. The summed E-state index contributed by atoms with van der Waals surface area (Å²) in [5.41, 5.74) is 4.78. The Morgan fingerprint density at radius 1 is 1.09 bits per heavy atom. The van der Waals surface area contributed by atoms with E-state index < -0.39 is 0 Å². The second-order valence-electron chi connectivity index (χ2n) is 5.16. The second kappa shape index (κ2) is 6.26. The monoisotopic (exact) mass is 291 g/mol. The first-order chi connectivity index (χ1) is 10.7. The average molecular weight is 291 g/mol. The molecule has 3 aromatic rings. The number of aromatic nitrogens is 2. The largest absolute Gasteiger partial charge is 0.348 e. The number of rotatable bonds is 4. The number of carbonyl (C=O) groups excluding carboxylic acids is 1. The van der Waals surface area contributed by atoms with E-state index in [9.17, 15) is 4.79 Å². The normalized spacial score (nSPS) is 10.4. The zero-order valence-electron chi connectivity index (χ0n) is 12.3. The van der Waals surface area contributed by atoms with E-state index in [0.29, 0.717) is 6.42 Å². The van der Waals surface area contributed by atoms with Gasteiger partial charge in [0, 0.05) is 16.9 Å². The zero-order chi connectivity index (χ0) is 15.4. The highest BCUT2D eigenvalue weighted by Gasteiger charge is 2.06. The van der Waals surface area contributed by atoms with Crippen molar-refractivity contribution < 1.29 is 4.79 Å². The molecule has 3 rings (SSSR count). The molecule has 0 spiro atoms. The quantitative estimate of drug-likeness (QED) is 0.772. The zero-order valence-corrected chi connectivity index (χ0v) is 12.3. The molecule has 0 saturated carbocycles. The van der Waals surface area contributed by atoms with Crippen molar-refractivity contribution in [3.05, 3.63) is 72.2 Å². The lowest BCUT2D eigenvalue weighted by atomic mass is 10.1. The molecule has 0 bridgehead atoms. The second-order valence-corrected chi connectivity index (χ2v) is 5.16. The summed E-state index contributed by atoms with van der Waals surface area (Å²) in [6, 6.07) is 17.4. The van der Waals surface area contributed by atoms with Crippen LogP contribution in [-0.4, -0.2) is 15.9 Å². The molecule has 0 saturated heterocycles. The van der Waals surface area contributed by atoms with Crippen LogP contribution in [0.1, 0.15) is 11.3 Å². The van der Waals surface area contributed by atoms with Gasteiger partial charge in [0.15, 0.2) is 0 Å². The molecule has 0 unspecified atom stereocenters. The third-order valence-electron chi connectivity index (χ3n) is 3.48. The minimum atomic E-state index is -0.0186. The van der Waals surface area contributed by atoms with Gasteiger partial charge in [0.1, 0.15) is 0 Å². The third-order valence-corrected chi connectivity index (χ3v) is 3.48. The van der Waals surface area contributed by atoms with Gasteiger partial charge in [-0.1, -0.05) is 42.5 Å². The molecule has 0 aliphatic carbocycles. The van der Waals surface area contributed by atoms with Crippen molar-refractivity contribution in [2.45, 2.75) is 13.3 Å². The number of hydrogen-bond donors (Lipinski definition) is 2. The Balaban J connectivity index is 1.66. The van der Waals surface area contributed by atoms with Gasteiger partial charge < -0.3 is 10.3 Å². The lowest BCUT2D eigenvalue weighted by molar-refractivity contribution is -0.115. The minimum Gasteiger partial charge on any atom is -0.348 e. The van der Waals surface area contributed by atoms with Crippen LogP contribution in [0.4, 0.5) is 5.69 Å². The Kier molecular flexibility index (Phi) is 4.01. The van der Waals surface area contributed by atoms with Gasteiger partial charge in [0.2, 0.25) is 5.91 Å². The number of aryl methyl sites for hydroxylation is 1. The minimum absolute atomic E-state index is 0.0186. The van der Waals surface area contributed by atoms with Gasteiger partial charge >= 0.3 is 0 Å². The molecule has 4 heteroatoms. The molecule has 0 aliphatic rings. The summed E-state index contributed by atoms with van der Waals surface area (Å²) in [5, 5.41) is 2.91. The van der Waals surface area contributed by atoms with E-state index in [1.165, 1.54) is 0 Å². The van der Waals surface area contributed by atoms with E-state index in [1.54, 1.807) is 6.33 Å². The van der Waals surface area contributed by atoms with Crippen LogP contribution in [0.2, 0.25) is 0 Å². The number of imidazole rings is 1. The Morgan fingerprint density at radius 3 is 2.45 bits per heavy atom. The fourth-order valence-electron chi connectivity index (χ4n) is 2.35. The van der Waals surface area contributed by atoms with Crippen molar-refractivity contribution in [2.24, 2.45) is 0 Å². The maximum atomic E-state index is 12.0. The molecule has 1 amide bonds. The predicted octanol–water partition coefficient (Wildman–Crippen LogP) is 3.57. The highest BCUT2D eigenvalue weighted by molar-refractivity contribution is 5.92. The lowest BCUT2D eigenvalue weighted by Crippen LogP contribution is -2.14. The fraction of sp³-hybridized carbons (Fsp3) is 0.111. The standard InChI is InChI=1S/C18H17N3O/c1-13-18(20-12-19-13)15-7-9-16(10-8-15)21-17(22)11-14-5-3-2-4-6-14/h2-10,12H,11H2,1H3,(H,19,20)(H,21,22). The Morgan fingerprint density at radius 2 is 1.82 bits per heavy atom. The van der Waals surface area contributed by atoms with Gasteiger partial charge in [-0.2, -0.15) is 0 Å². The fourth-order valence-corrected chi connectivity index (χ4v) is 2.35. The number of H-pyrrole nitrogens is 1. The van der Waals surface area contributed by atoms with Crippen molar-refractivity contribution in [2.75, 3.05) is 5.32 Å². The summed E-state index contributed by atoms with van der Waals surface area (Å²) >= 11 is 0. The van der Waals surface area contributed by atoms with Gasteiger partial charge in [-0.3, -0.25) is 4.79 Å². The topological polar surface area (TPSA) is 57.8 Å². The highest BCUT2D eigenvalue weighted by atomic mass is 16.1. The van der Waals surface area contributed by atoms with E-state index >= 15 is 0 Å². The molecule has 110 valence electrons. The van der Waals surface area contributed by atoms with Gasteiger partial charge in [-0.25, -0.2) is 4.98 Å². The molecule has 0 radical (unpaired) electrons. The average Bonchev–Trinajstić information content (AvgIpc) is 2.95. The molecule has 22 heavy (non-hydrogen) atoms. The van der Waals surface area contributed by atoms with Crippen LogP contribution >= 0.6 is 0 Å². The number of aromatic amines is 1. The first kappa shape index (κ1) is 14.1. The van der Waals surface area contributed by atoms with Crippen LogP contribution in [0.15, 0.2) is 60.9 Å². The molecule has 1 aromatic heterocycles. The summed E-state index contributed by atoms with van der Waals surface area (Å²) in [7, 11) is 0. The molecule has 0 fully saturated rings. The number of anilines is 1. The van der Waals surface area contributed by atoms with E-state index in [0.717, 1.165) is 28.2 Å². The molecule has 4 nitrogen and oxygen atoms in total. The Bertz CT molecular complexity index is 761. The molecular formula is C18H17N3O. The lowest BCUT2D eigenvalue weighted by Gasteiger charge is -2.06. The summed E-state index contributed by atoms with van der Waals surface area (Å²) < 4.78 is 0. The van der Waals surface area contributed by atoms with Crippen LogP contribution in [0, 0.1) is 6.92 Å². The Labute approximate surface area is 129 Å². The summed E-state index contributed by atoms with van der Waals surface area (Å²) in [5.74, 6) is -0.0186. The summed E-state index contributed by atoms with van der Waals surface area (Å²) in [6.45, 7) is 1.98. The van der Waals surface area contributed by atoms with Crippen LogP contribution in [0.25, 0.3) is 11.3 Å². The number of amides is 1. The van der Waals surface area contributed by atoms with Gasteiger partial charge in [-0.05, 0) is 24.6 Å². The van der Waals surface area contributed by atoms with E-state index in [1.807, 2.05) is 61.5 Å². The SMILES string of the molecule is Cc1[nH]cnc1-c1ccc(NC(=O)Cc2ccccc2)cc1. The molecule has 0 atom stereocenters. The smallest absolute Gasteiger partial charge is 0.228 e. The number of nitrogens with one attached hydrogen (secondary N) is 2. The number of nitrogens with zero attached hydrogens (tertiary/aromatic N) is 1. The van der Waals surface area contributed by atoms with Crippen molar-refractivity contribution in [1.29, 1.82) is 0 Å². The number of carbonyl (C=O) groups is 1. The van der Waals surface area contributed by atoms with Crippen molar-refractivity contribution in [3.8, 4) is 11.3 Å². The summed E-state index contributed by atoms with van der Waals surface area (Å²) in [4.78, 5) is 19.4.